The average molecular weight is 222 g/mol. The van der Waals surface area contributed by atoms with E-state index in [0.717, 1.165) is 0 Å². The number of nitrogens with one attached hydrogen (secondary N) is 1. The van der Waals surface area contributed by atoms with Crippen LogP contribution in [0.25, 0.3) is 0 Å². The molecule has 1 atom stereocenters. The summed E-state index contributed by atoms with van der Waals surface area (Å²) in [6.45, 7) is 0.0131. The van der Waals surface area contributed by atoms with E-state index in [1.165, 1.54) is 19.4 Å². The minimum atomic E-state index is -1.09. The van der Waals surface area contributed by atoms with Crippen molar-refractivity contribution in [3.63, 3.8) is 0 Å². The third-order valence-electron chi connectivity index (χ3n) is 1.86. The molecule has 1 heterocycles. The van der Waals surface area contributed by atoms with Crippen molar-refractivity contribution in [3.8, 4) is 6.07 Å². The molecule has 0 radical (unpaired) electrons. The maximum atomic E-state index is 10.6. The maximum absolute atomic E-state index is 10.6. The number of aliphatic carboxylic acids is 1. The molecular weight excluding hydrogens is 212 g/mol. The first-order valence-electron chi connectivity index (χ1n) is 4.40. The van der Waals surface area contributed by atoms with Crippen LogP contribution in [0.5, 0.6) is 0 Å². The van der Waals surface area contributed by atoms with Crippen LogP contribution in [0.2, 0.25) is 0 Å². The highest BCUT2D eigenvalue weighted by molar-refractivity contribution is 5.73. The van der Waals surface area contributed by atoms with Gasteiger partial charge in [-0.3, -0.25) is 0 Å². The van der Waals surface area contributed by atoms with Crippen molar-refractivity contribution >= 4 is 11.8 Å². The Hall–Kier alpha value is -2.20. The number of hydrogen-bond donors (Lipinski definition) is 2. The van der Waals surface area contributed by atoms with Crippen LogP contribution in [0.4, 0.5) is 5.82 Å². The van der Waals surface area contributed by atoms with Gasteiger partial charge in [-0.25, -0.2) is 4.79 Å². The number of aromatic nitrogens is 2. The Morgan fingerprint density at radius 1 is 1.81 bits per heavy atom. The Labute approximate surface area is 91.7 Å². The van der Waals surface area contributed by atoms with Crippen LogP contribution in [0.3, 0.4) is 0 Å². The van der Waals surface area contributed by atoms with Gasteiger partial charge in [-0.2, -0.15) is 10.4 Å². The van der Waals surface area contributed by atoms with Crippen LogP contribution in [0.15, 0.2) is 12.3 Å². The highest BCUT2D eigenvalue weighted by Crippen LogP contribution is 2.08. The number of nitriles is 1. The highest BCUT2D eigenvalue weighted by atomic mass is 16.5. The normalized spacial score (nSPS) is 11.5. The summed E-state index contributed by atoms with van der Waals surface area (Å²) in [5.74, 6) is -0.842. The van der Waals surface area contributed by atoms with Gasteiger partial charge in [0.25, 0.3) is 0 Å². The van der Waals surface area contributed by atoms with Crippen molar-refractivity contribution in [3.05, 3.63) is 17.8 Å². The molecule has 0 aromatic carbocycles. The third kappa shape index (κ3) is 2.90. The first-order valence-corrected chi connectivity index (χ1v) is 4.40. The average Bonchev–Trinajstić information content (AvgIpc) is 2.30. The molecule has 1 rings (SSSR count). The monoisotopic (exact) mass is 222 g/mol. The SMILES string of the molecule is COC(CNc1nnccc1C#N)C(=O)O. The molecule has 16 heavy (non-hydrogen) atoms. The number of nitrogens with zero attached hydrogens (tertiary/aromatic N) is 3. The van der Waals surface area contributed by atoms with Gasteiger partial charge in [-0.05, 0) is 6.07 Å². The third-order valence-corrected chi connectivity index (χ3v) is 1.86. The van der Waals surface area contributed by atoms with Gasteiger partial charge in [-0.1, -0.05) is 0 Å². The Balaban J connectivity index is 2.67. The largest absolute Gasteiger partial charge is 0.479 e. The fourth-order valence-electron chi connectivity index (χ4n) is 1.01. The van der Waals surface area contributed by atoms with E-state index in [9.17, 15) is 4.79 Å². The van der Waals surface area contributed by atoms with Crippen molar-refractivity contribution in [2.75, 3.05) is 19.0 Å². The number of ether oxygens (including phenoxy) is 1. The number of carboxylic acid groups (broad SMARTS) is 1. The summed E-state index contributed by atoms with van der Waals surface area (Å²) in [5.41, 5.74) is 0.301. The van der Waals surface area contributed by atoms with Crippen LogP contribution in [0.1, 0.15) is 5.56 Å². The summed E-state index contributed by atoms with van der Waals surface area (Å²) in [7, 11) is 1.29. The number of carboxylic acids is 1. The van der Waals surface area contributed by atoms with Crippen LogP contribution < -0.4 is 5.32 Å². The molecule has 0 aliphatic carbocycles. The second kappa shape index (κ2) is 5.63. The topological polar surface area (TPSA) is 108 Å². The fourth-order valence-corrected chi connectivity index (χ4v) is 1.01. The van der Waals surface area contributed by atoms with Gasteiger partial charge in [0.15, 0.2) is 11.9 Å². The smallest absolute Gasteiger partial charge is 0.334 e. The molecule has 7 nitrogen and oxygen atoms in total. The Bertz CT molecular complexity index is 415. The molecule has 84 valence electrons. The van der Waals surface area contributed by atoms with Gasteiger partial charge >= 0.3 is 5.97 Å². The predicted octanol–water partition coefficient (Wildman–Crippen LogP) is -0.140. The molecule has 0 spiro atoms. The van der Waals surface area contributed by atoms with Gasteiger partial charge < -0.3 is 15.2 Å². The molecular formula is C9H10N4O3. The maximum Gasteiger partial charge on any atom is 0.334 e. The van der Waals surface area contributed by atoms with Gasteiger partial charge in [0.2, 0.25) is 0 Å². The molecule has 0 amide bonds. The molecule has 2 N–H and O–H groups in total. The van der Waals surface area contributed by atoms with Crippen molar-refractivity contribution in [1.29, 1.82) is 5.26 Å². The summed E-state index contributed by atoms with van der Waals surface area (Å²) in [5, 5.41) is 27.4. The summed E-state index contributed by atoms with van der Waals surface area (Å²) in [6.07, 6.45) is 0.392. The molecule has 7 heteroatoms. The van der Waals surface area contributed by atoms with Crippen molar-refractivity contribution in [1.82, 2.24) is 10.2 Å². The minimum Gasteiger partial charge on any atom is -0.479 e. The minimum absolute atomic E-state index is 0.0131. The molecule has 0 saturated carbocycles. The number of anilines is 1. The lowest BCUT2D eigenvalue weighted by atomic mass is 10.3. The Morgan fingerprint density at radius 3 is 3.12 bits per heavy atom. The lowest BCUT2D eigenvalue weighted by molar-refractivity contribution is -0.147. The molecule has 1 unspecified atom stereocenters. The van der Waals surface area contributed by atoms with Crippen LogP contribution in [-0.4, -0.2) is 41.0 Å². The van der Waals surface area contributed by atoms with E-state index in [-0.39, 0.29) is 12.4 Å². The van der Waals surface area contributed by atoms with Gasteiger partial charge in [0.1, 0.15) is 6.07 Å². The number of hydrogen-bond acceptors (Lipinski definition) is 6. The predicted molar refractivity (Wildman–Crippen MR) is 53.7 cm³/mol. The summed E-state index contributed by atoms with van der Waals surface area (Å²) < 4.78 is 4.71. The summed E-state index contributed by atoms with van der Waals surface area (Å²) in [6, 6.07) is 3.40. The van der Waals surface area contributed by atoms with Crippen LogP contribution in [-0.2, 0) is 9.53 Å². The first kappa shape index (κ1) is 11.9. The van der Waals surface area contributed by atoms with Gasteiger partial charge in [-0.15, -0.1) is 5.10 Å². The standard InChI is InChI=1S/C9H10N4O3/c1-16-7(9(14)15)5-11-8-6(4-10)2-3-12-13-8/h2-3,7H,5H2,1H3,(H,11,13)(H,14,15). The lowest BCUT2D eigenvalue weighted by Gasteiger charge is -2.11. The van der Waals surface area contributed by atoms with Gasteiger partial charge in [0.05, 0.1) is 18.3 Å². The number of methoxy groups -OCH3 is 1. The molecule has 0 saturated heterocycles. The van der Waals surface area contributed by atoms with E-state index in [0.29, 0.717) is 5.56 Å². The lowest BCUT2D eigenvalue weighted by Crippen LogP contribution is -2.30. The van der Waals surface area contributed by atoms with E-state index in [1.54, 1.807) is 0 Å². The zero-order valence-electron chi connectivity index (χ0n) is 8.54. The quantitative estimate of drug-likeness (QED) is 0.713. The number of carbonyl (C=O) groups is 1. The Kier molecular flexibility index (Phi) is 4.17. The van der Waals surface area contributed by atoms with Crippen molar-refractivity contribution in [2.24, 2.45) is 0 Å². The van der Waals surface area contributed by atoms with E-state index in [1.807, 2.05) is 6.07 Å². The van der Waals surface area contributed by atoms with Crippen molar-refractivity contribution < 1.29 is 14.6 Å². The molecule has 0 aliphatic heterocycles. The van der Waals surface area contributed by atoms with Gasteiger partial charge in [0, 0.05) is 7.11 Å². The number of rotatable bonds is 5. The van der Waals surface area contributed by atoms with Crippen LogP contribution >= 0.6 is 0 Å². The first-order chi connectivity index (χ1) is 7.69. The summed E-state index contributed by atoms with van der Waals surface area (Å²) >= 11 is 0. The Morgan fingerprint density at radius 2 is 2.56 bits per heavy atom. The molecule has 0 aliphatic rings. The molecule has 1 aromatic heterocycles. The fraction of sp³-hybridized carbons (Fsp3) is 0.333. The second-order valence-corrected chi connectivity index (χ2v) is 2.85. The van der Waals surface area contributed by atoms with Crippen LogP contribution in [0, 0.1) is 11.3 Å². The summed E-state index contributed by atoms with van der Waals surface area (Å²) in [4.78, 5) is 10.6. The van der Waals surface area contributed by atoms with Crippen molar-refractivity contribution in [2.45, 2.75) is 6.10 Å². The molecule has 0 fully saturated rings. The van der Waals surface area contributed by atoms with E-state index >= 15 is 0 Å². The second-order valence-electron chi connectivity index (χ2n) is 2.85. The van der Waals surface area contributed by atoms with E-state index in [2.05, 4.69) is 15.5 Å². The molecule has 1 aromatic rings. The van der Waals surface area contributed by atoms with E-state index < -0.39 is 12.1 Å². The molecule has 0 bridgehead atoms. The van der Waals surface area contributed by atoms with E-state index in [4.69, 9.17) is 15.1 Å². The zero-order chi connectivity index (χ0) is 12.0. The highest BCUT2D eigenvalue weighted by Gasteiger charge is 2.16. The zero-order valence-corrected chi connectivity index (χ0v) is 8.54.